The highest BCUT2D eigenvalue weighted by Crippen LogP contribution is 2.49. The van der Waals surface area contributed by atoms with Crippen molar-refractivity contribution in [3.63, 3.8) is 0 Å². The molecule has 3 aromatic carbocycles. The van der Waals surface area contributed by atoms with Crippen molar-refractivity contribution in [2.24, 2.45) is 5.41 Å². The number of nitrogens with zero attached hydrogens (tertiary/aromatic N) is 2. The number of aryl methyl sites for hydroxylation is 2. The second-order valence-corrected chi connectivity index (χ2v) is 11.7. The van der Waals surface area contributed by atoms with Crippen LogP contribution in [0.1, 0.15) is 66.0 Å². The third-order valence-electron chi connectivity index (χ3n) is 8.66. The van der Waals surface area contributed by atoms with Crippen molar-refractivity contribution in [3.8, 4) is 11.5 Å². The zero-order valence-corrected chi connectivity index (χ0v) is 25.3. The van der Waals surface area contributed by atoms with Gasteiger partial charge in [0.05, 0.1) is 24.9 Å². The maximum absolute atomic E-state index is 16.3. The number of allylic oxidation sites excluding steroid dienone is 1. The molecule has 44 heavy (non-hydrogen) atoms. The predicted octanol–water partition coefficient (Wildman–Crippen LogP) is 7.62. The van der Waals surface area contributed by atoms with E-state index in [1.165, 1.54) is 11.0 Å². The fourth-order valence-electron chi connectivity index (χ4n) is 5.99. The lowest BCUT2D eigenvalue weighted by molar-refractivity contribution is -0.114. The molecule has 1 atom stereocenters. The average Bonchev–Trinajstić information content (AvgIpc) is 3.28. The zero-order chi connectivity index (χ0) is 31.0. The lowest BCUT2D eigenvalue weighted by atomic mass is 9.77. The average molecular weight is 598 g/mol. The van der Waals surface area contributed by atoms with Crippen LogP contribution in [0.4, 0.5) is 15.8 Å². The van der Waals surface area contributed by atoms with E-state index < -0.39 is 17.8 Å². The molecule has 0 aliphatic carbocycles. The molecule has 0 bridgehead atoms. The largest absolute Gasteiger partial charge is 0.506 e. The van der Waals surface area contributed by atoms with Gasteiger partial charge in [-0.15, -0.1) is 0 Å². The normalized spacial score (nSPS) is 17.4. The number of anilines is 2. The van der Waals surface area contributed by atoms with Crippen molar-refractivity contribution in [1.29, 1.82) is 0 Å². The summed E-state index contributed by atoms with van der Waals surface area (Å²) in [5, 5.41) is 14.5. The summed E-state index contributed by atoms with van der Waals surface area (Å²) in [5.41, 5.74) is 3.57. The quantitative estimate of drug-likeness (QED) is 0.202. The number of aromatic nitrogens is 1. The molecule has 6 rings (SSSR count). The number of benzene rings is 3. The molecule has 9 heteroatoms. The van der Waals surface area contributed by atoms with Crippen LogP contribution >= 0.6 is 0 Å². The molecule has 2 aliphatic heterocycles. The molecule has 4 aromatic rings. The minimum Gasteiger partial charge on any atom is -0.506 e. The third kappa shape index (κ3) is 5.43. The number of hydrogen-bond donors (Lipinski definition) is 2. The number of oxazole rings is 1. The summed E-state index contributed by atoms with van der Waals surface area (Å²) >= 11 is 0. The maximum Gasteiger partial charge on any atom is 0.281 e. The fraction of sp³-hybridized carbons (Fsp3) is 0.314. The van der Waals surface area contributed by atoms with Gasteiger partial charge < -0.3 is 24.3 Å². The highest BCUT2D eigenvalue weighted by Gasteiger charge is 2.42. The molecular formula is C35H36FN3O5. The van der Waals surface area contributed by atoms with E-state index in [1.807, 2.05) is 37.3 Å². The van der Waals surface area contributed by atoms with Crippen molar-refractivity contribution in [2.45, 2.75) is 53.2 Å². The second kappa shape index (κ2) is 11.8. The molecule has 0 saturated carbocycles. The van der Waals surface area contributed by atoms with Crippen LogP contribution in [0.25, 0.3) is 0 Å². The summed E-state index contributed by atoms with van der Waals surface area (Å²) in [6, 6.07) is 18.5. The Hall–Kier alpha value is -4.63. The van der Waals surface area contributed by atoms with Gasteiger partial charge in [-0.05, 0) is 62.1 Å². The number of ether oxygens (including phenoxy) is 2. The number of amides is 1. The lowest BCUT2D eigenvalue weighted by Crippen LogP contribution is -2.43. The number of aromatic hydroxyl groups is 1. The van der Waals surface area contributed by atoms with Crippen LogP contribution in [0.2, 0.25) is 0 Å². The van der Waals surface area contributed by atoms with Crippen molar-refractivity contribution in [1.82, 2.24) is 4.98 Å². The molecular weight excluding hydrogens is 561 g/mol. The van der Waals surface area contributed by atoms with E-state index in [0.717, 1.165) is 23.3 Å². The first-order chi connectivity index (χ1) is 21.2. The third-order valence-corrected chi connectivity index (χ3v) is 8.66. The maximum atomic E-state index is 16.3. The molecule has 1 fully saturated rings. The Labute approximate surface area is 256 Å². The van der Waals surface area contributed by atoms with Crippen molar-refractivity contribution < 1.29 is 28.2 Å². The van der Waals surface area contributed by atoms with Gasteiger partial charge in [-0.25, -0.2) is 9.37 Å². The topological polar surface area (TPSA) is 97.1 Å². The summed E-state index contributed by atoms with van der Waals surface area (Å²) < 4.78 is 33.4. The smallest absolute Gasteiger partial charge is 0.281 e. The highest BCUT2D eigenvalue weighted by molar-refractivity contribution is 6.09. The monoisotopic (exact) mass is 597 g/mol. The van der Waals surface area contributed by atoms with E-state index in [9.17, 15) is 9.90 Å². The Balaban J connectivity index is 1.49. The fourth-order valence-corrected chi connectivity index (χ4v) is 5.99. The SMILES string of the molecule is CCC1(CC2=C(C)C(c3ccc(OCc4ccccc4)cc3F)N(C(=O)c3nc(C)oc3C)c3cccc(O)c3N2)COC1. The van der Waals surface area contributed by atoms with E-state index >= 15 is 4.39 Å². The Kier molecular flexibility index (Phi) is 7.90. The minimum atomic E-state index is -0.873. The van der Waals surface area contributed by atoms with Crippen molar-refractivity contribution >= 4 is 17.3 Å². The Morgan fingerprint density at radius 1 is 1.11 bits per heavy atom. The van der Waals surface area contributed by atoms with Gasteiger partial charge in [0.1, 0.15) is 35.4 Å². The number of carbonyl (C=O) groups is 1. The molecule has 0 radical (unpaired) electrons. The van der Waals surface area contributed by atoms with Crippen LogP contribution in [0.5, 0.6) is 11.5 Å². The standard InChI is InChI=1S/C35H36FN3O5/c1-5-35(19-42-20-35)17-28-21(2)33(26-15-14-25(16-27(26)36)43-18-24-10-7-6-8-11-24)39(29-12-9-13-30(40)32(29)38-28)34(41)31-22(3)44-23(4)37-31/h6-16,33,38,40H,5,17-20H2,1-4H3. The van der Waals surface area contributed by atoms with Crippen LogP contribution in [0.3, 0.4) is 0 Å². The first-order valence-electron chi connectivity index (χ1n) is 14.8. The van der Waals surface area contributed by atoms with Gasteiger partial charge in [-0.3, -0.25) is 9.69 Å². The molecule has 1 unspecified atom stereocenters. The second-order valence-electron chi connectivity index (χ2n) is 11.7. The van der Waals surface area contributed by atoms with E-state index in [0.29, 0.717) is 55.0 Å². The zero-order valence-electron chi connectivity index (χ0n) is 25.3. The Morgan fingerprint density at radius 3 is 2.52 bits per heavy atom. The first kappa shape index (κ1) is 29.4. The van der Waals surface area contributed by atoms with Gasteiger partial charge in [0.15, 0.2) is 11.6 Å². The number of nitrogens with one attached hydrogen (secondary N) is 1. The molecule has 1 aromatic heterocycles. The van der Waals surface area contributed by atoms with Crippen LogP contribution < -0.4 is 15.0 Å². The lowest BCUT2D eigenvalue weighted by Gasteiger charge is -2.42. The molecule has 1 saturated heterocycles. The van der Waals surface area contributed by atoms with E-state index in [2.05, 4.69) is 17.2 Å². The van der Waals surface area contributed by atoms with Crippen molar-refractivity contribution in [2.75, 3.05) is 23.4 Å². The first-order valence-corrected chi connectivity index (χ1v) is 14.8. The van der Waals surface area contributed by atoms with Gasteiger partial charge in [-0.1, -0.05) is 43.3 Å². The van der Waals surface area contributed by atoms with Crippen LogP contribution in [-0.4, -0.2) is 29.2 Å². The number of phenols is 1. The molecule has 0 spiro atoms. The Bertz CT molecular complexity index is 1720. The van der Waals surface area contributed by atoms with Crippen LogP contribution in [-0.2, 0) is 11.3 Å². The number of hydrogen-bond acceptors (Lipinski definition) is 7. The molecule has 2 N–H and O–H groups in total. The van der Waals surface area contributed by atoms with Gasteiger partial charge in [0, 0.05) is 29.7 Å². The van der Waals surface area contributed by atoms with E-state index in [4.69, 9.17) is 13.9 Å². The summed E-state index contributed by atoms with van der Waals surface area (Å²) in [4.78, 5) is 20.3. The van der Waals surface area contributed by atoms with E-state index in [-0.39, 0.29) is 22.4 Å². The summed E-state index contributed by atoms with van der Waals surface area (Å²) in [7, 11) is 0. The number of rotatable bonds is 8. The number of fused-ring (bicyclic) bond motifs is 1. The summed E-state index contributed by atoms with van der Waals surface area (Å²) in [6.45, 7) is 8.87. The molecule has 8 nitrogen and oxygen atoms in total. The predicted molar refractivity (Wildman–Crippen MR) is 165 cm³/mol. The molecule has 228 valence electrons. The highest BCUT2D eigenvalue weighted by atomic mass is 19.1. The van der Waals surface area contributed by atoms with Gasteiger partial charge in [0.25, 0.3) is 5.91 Å². The molecule has 3 heterocycles. The summed E-state index contributed by atoms with van der Waals surface area (Å²) in [5.74, 6) is 0.0542. The van der Waals surface area contributed by atoms with Crippen LogP contribution in [0, 0.1) is 25.1 Å². The number of phenolic OH excluding ortho intramolecular Hbond substituents is 1. The van der Waals surface area contributed by atoms with Crippen molar-refractivity contribution in [3.05, 3.63) is 112 Å². The Morgan fingerprint density at radius 2 is 1.89 bits per heavy atom. The molecule has 2 aliphatic rings. The van der Waals surface area contributed by atoms with Gasteiger partial charge >= 0.3 is 0 Å². The number of halogens is 1. The number of carbonyl (C=O) groups excluding carboxylic acids is 1. The molecule has 1 amide bonds. The summed E-state index contributed by atoms with van der Waals surface area (Å²) in [6.07, 6.45) is 1.48. The van der Waals surface area contributed by atoms with E-state index in [1.54, 1.807) is 44.2 Å². The van der Waals surface area contributed by atoms with Gasteiger partial charge in [0.2, 0.25) is 0 Å². The minimum absolute atomic E-state index is 0.0279. The van der Waals surface area contributed by atoms with Gasteiger partial charge in [-0.2, -0.15) is 0 Å². The number of para-hydroxylation sites is 1. The van der Waals surface area contributed by atoms with Crippen LogP contribution in [0.15, 0.2) is 82.4 Å².